The molecule has 1 aromatic rings. The fourth-order valence-corrected chi connectivity index (χ4v) is 1.46. The molecule has 0 N–H and O–H groups in total. The van der Waals surface area contributed by atoms with Crippen LogP contribution in [0.2, 0.25) is 0 Å². The van der Waals surface area contributed by atoms with Crippen LogP contribution in [0.4, 0.5) is 0 Å². The average Bonchev–Trinajstić information content (AvgIpc) is 2.19. The van der Waals surface area contributed by atoms with Crippen molar-refractivity contribution < 1.29 is 0 Å². The smallest absolute Gasteiger partial charge is 0.0187 e. The van der Waals surface area contributed by atoms with Gasteiger partial charge in [-0.1, -0.05) is 49.4 Å². The summed E-state index contributed by atoms with van der Waals surface area (Å²) in [6, 6.07) is 10.7. The second-order valence-corrected chi connectivity index (χ2v) is 3.46. The van der Waals surface area contributed by atoms with Crippen LogP contribution in [-0.2, 0) is 0 Å². The van der Waals surface area contributed by atoms with Crippen LogP contribution in [0, 0.1) is 0 Å². The first-order valence-corrected chi connectivity index (χ1v) is 5.00. The second-order valence-electron chi connectivity index (χ2n) is 3.46. The molecule has 0 amide bonds. The van der Waals surface area contributed by atoms with Crippen molar-refractivity contribution in [2.45, 2.75) is 32.6 Å². The molecule has 0 spiro atoms. The monoisotopic (exact) mass is 174 g/mol. The van der Waals surface area contributed by atoms with E-state index in [1.165, 1.54) is 18.4 Å². The fourth-order valence-electron chi connectivity index (χ4n) is 1.46. The molecule has 70 valence electrons. The van der Waals surface area contributed by atoms with Gasteiger partial charge in [0.15, 0.2) is 0 Å². The van der Waals surface area contributed by atoms with Crippen molar-refractivity contribution in [3.63, 3.8) is 0 Å². The Balaban J connectivity index is 2.44. The van der Waals surface area contributed by atoms with Gasteiger partial charge in [-0.3, -0.25) is 0 Å². The Hall–Kier alpha value is -1.04. The maximum Gasteiger partial charge on any atom is -0.0187 e. The minimum atomic E-state index is 0.678. The van der Waals surface area contributed by atoms with Gasteiger partial charge in [-0.25, -0.2) is 0 Å². The Morgan fingerprint density at radius 2 is 1.92 bits per heavy atom. The molecule has 0 heterocycles. The van der Waals surface area contributed by atoms with E-state index in [9.17, 15) is 0 Å². The molecule has 0 heteroatoms. The zero-order chi connectivity index (χ0) is 9.52. The van der Waals surface area contributed by atoms with Crippen LogP contribution < -0.4 is 0 Å². The largest absolute Gasteiger partial charge is 0.0917 e. The normalized spacial score (nSPS) is 13.4. The molecule has 1 unspecified atom stereocenters. The van der Waals surface area contributed by atoms with E-state index >= 15 is 0 Å². The van der Waals surface area contributed by atoms with E-state index in [1.807, 2.05) is 0 Å². The van der Waals surface area contributed by atoms with Gasteiger partial charge in [-0.2, -0.15) is 0 Å². The first-order valence-electron chi connectivity index (χ1n) is 5.00. The summed E-state index contributed by atoms with van der Waals surface area (Å²) >= 11 is 0. The number of allylic oxidation sites excluding steroid dienone is 2. The first kappa shape index (κ1) is 10.0. The molecule has 0 radical (unpaired) electrons. The number of benzene rings is 1. The van der Waals surface area contributed by atoms with E-state index in [2.05, 4.69) is 56.3 Å². The Morgan fingerprint density at radius 1 is 1.23 bits per heavy atom. The van der Waals surface area contributed by atoms with Crippen LogP contribution in [-0.4, -0.2) is 0 Å². The van der Waals surface area contributed by atoms with Crippen LogP contribution >= 0.6 is 0 Å². The third-order valence-corrected chi connectivity index (χ3v) is 2.37. The van der Waals surface area contributed by atoms with Gasteiger partial charge in [0.2, 0.25) is 0 Å². The van der Waals surface area contributed by atoms with Crippen LogP contribution in [0.5, 0.6) is 0 Å². The first-order chi connectivity index (χ1) is 6.34. The van der Waals surface area contributed by atoms with Gasteiger partial charge in [-0.15, -0.1) is 0 Å². The van der Waals surface area contributed by atoms with E-state index in [4.69, 9.17) is 0 Å². The lowest BCUT2D eigenvalue weighted by molar-refractivity contribution is 0.690. The fraction of sp³-hybridized carbons (Fsp3) is 0.385. The van der Waals surface area contributed by atoms with Gasteiger partial charge >= 0.3 is 0 Å². The Morgan fingerprint density at radius 3 is 2.54 bits per heavy atom. The summed E-state index contributed by atoms with van der Waals surface area (Å²) in [5.74, 6) is 0.678. The third-order valence-electron chi connectivity index (χ3n) is 2.37. The highest BCUT2D eigenvalue weighted by Gasteiger charge is 2.02. The van der Waals surface area contributed by atoms with Crippen molar-refractivity contribution in [1.82, 2.24) is 0 Å². The quantitative estimate of drug-likeness (QED) is 0.602. The molecule has 0 aliphatic carbocycles. The molecule has 0 fully saturated rings. The van der Waals surface area contributed by atoms with Gasteiger partial charge in [0.05, 0.1) is 0 Å². The summed E-state index contributed by atoms with van der Waals surface area (Å²) in [5, 5.41) is 0. The summed E-state index contributed by atoms with van der Waals surface area (Å²) in [4.78, 5) is 0. The summed E-state index contributed by atoms with van der Waals surface area (Å²) in [6.07, 6.45) is 6.79. The molecule has 1 rings (SSSR count). The summed E-state index contributed by atoms with van der Waals surface area (Å²) in [5.41, 5.74) is 1.45. The molecule has 0 nitrogen and oxygen atoms in total. The van der Waals surface area contributed by atoms with E-state index in [1.54, 1.807) is 0 Å². The molecular formula is C13H18. The van der Waals surface area contributed by atoms with Gasteiger partial charge in [0.1, 0.15) is 0 Å². The van der Waals surface area contributed by atoms with Gasteiger partial charge < -0.3 is 0 Å². The number of hydrogen-bond donors (Lipinski definition) is 0. The van der Waals surface area contributed by atoms with Crippen molar-refractivity contribution in [2.24, 2.45) is 0 Å². The molecule has 0 saturated heterocycles. The molecule has 0 aliphatic heterocycles. The lowest BCUT2D eigenvalue weighted by atomic mass is 9.96. The predicted octanol–water partition coefficient (Wildman–Crippen LogP) is 4.15. The lowest BCUT2D eigenvalue weighted by Gasteiger charge is -2.09. The summed E-state index contributed by atoms with van der Waals surface area (Å²) in [6.45, 7) is 4.37. The van der Waals surface area contributed by atoms with Gasteiger partial charge in [-0.05, 0) is 31.2 Å². The van der Waals surface area contributed by atoms with Crippen molar-refractivity contribution in [1.29, 1.82) is 0 Å². The van der Waals surface area contributed by atoms with E-state index in [0.29, 0.717) is 5.92 Å². The number of hydrogen-bond acceptors (Lipinski definition) is 0. The second kappa shape index (κ2) is 5.58. The average molecular weight is 174 g/mol. The van der Waals surface area contributed by atoms with E-state index in [-0.39, 0.29) is 0 Å². The topological polar surface area (TPSA) is 0 Å². The molecule has 0 aliphatic rings. The lowest BCUT2D eigenvalue weighted by Crippen LogP contribution is -1.91. The minimum absolute atomic E-state index is 0.678. The third kappa shape index (κ3) is 3.45. The maximum absolute atomic E-state index is 2.29. The summed E-state index contributed by atoms with van der Waals surface area (Å²) < 4.78 is 0. The van der Waals surface area contributed by atoms with Crippen LogP contribution in [0.25, 0.3) is 0 Å². The molecule has 0 bridgehead atoms. The SMILES string of the molecule is C/C=C/CCC(C)c1ccccc1. The van der Waals surface area contributed by atoms with Crippen molar-refractivity contribution >= 4 is 0 Å². The zero-order valence-corrected chi connectivity index (χ0v) is 8.53. The standard InChI is InChI=1S/C13H18/c1-3-4-6-9-12(2)13-10-7-5-8-11-13/h3-5,7-8,10-12H,6,9H2,1-2H3/b4-3+. The minimum Gasteiger partial charge on any atom is -0.0917 e. The Labute approximate surface area is 81.3 Å². The van der Waals surface area contributed by atoms with Crippen molar-refractivity contribution in [2.75, 3.05) is 0 Å². The Kier molecular flexibility index (Phi) is 4.31. The summed E-state index contributed by atoms with van der Waals surface area (Å²) in [7, 11) is 0. The molecule has 0 aromatic heterocycles. The van der Waals surface area contributed by atoms with E-state index < -0.39 is 0 Å². The molecular weight excluding hydrogens is 156 g/mol. The zero-order valence-electron chi connectivity index (χ0n) is 8.53. The molecule has 0 saturated carbocycles. The van der Waals surface area contributed by atoms with Crippen molar-refractivity contribution in [3.05, 3.63) is 48.0 Å². The predicted molar refractivity (Wildman–Crippen MR) is 58.9 cm³/mol. The van der Waals surface area contributed by atoms with Crippen molar-refractivity contribution in [3.8, 4) is 0 Å². The van der Waals surface area contributed by atoms with Gasteiger partial charge in [0.25, 0.3) is 0 Å². The molecule has 13 heavy (non-hydrogen) atoms. The highest BCUT2D eigenvalue weighted by molar-refractivity contribution is 5.18. The highest BCUT2D eigenvalue weighted by Crippen LogP contribution is 2.19. The Bertz CT molecular complexity index is 246. The van der Waals surface area contributed by atoms with Crippen LogP contribution in [0.1, 0.15) is 38.2 Å². The van der Waals surface area contributed by atoms with Crippen LogP contribution in [0.3, 0.4) is 0 Å². The molecule has 1 aromatic carbocycles. The van der Waals surface area contributed by atoms with E-state index in [0.717, 1.165) is 0 Å². The highest BCUT2D eigenvalue weighted by atomic mass is 14.1. The molecule has 1 atom stereocenters. The number of rotatable bonds is 4. The van der Waals surface area contributed by atoms with Crippen LogP contribution in [0.15, 0.2) is 42.5 Å². The maximum atomic E-state index is 2.29. The van der Waals surface area contributed by atoms with Gasteiger partial charge in [0, 0.05) is 0 Å².